The van der Waals surface area contributed by atoms with Gasteiger partial charge in [0.1, 0.15) is 29.9 Å². The van der Waals surface area contributed by atoms with E-state index in [1.807, 2.05) is 109 Å². The minimum absolute atomic E-state index is 0.109. The van der Waals surface area contributed by atoms with Gasteiger partial charge in [0.15, 0.2) is 0 Å². The van der Waals surface area contributed by atoms with E-state index in [9.17, 15) is 14.7 Å². The van der Waals surface area contributed by atoms with Crippen LogP contribution >= 0.6 is 15.9 Å². The molecule has 5 aromatic rings. The summed E-state index contributed by atoms with van der Waals surface area (Å²) in [7, 11) is 0. The van der Waals surface area contributed by atoms with Crippen molar-refractivity contribution >= 4 is 27.8 Å². The van der Waals surface area contributed by atoms with E-state index in [0.717, 1.165) is 28.0 Å². The maximum absolute atomic E-state index is 13.3. The molecule has 0 spiro atoms. The number of para-hydroxylation sites is 2. The monoisotopic (exact) mass is 621 g/mol. The number of benzene rings is 5. The molecule has 0 heterocycles. The number of amides is 1. The lowest BCUT2D eigenvalue weighted by molar-refractivity contribution is -0.139. The average Bonchev–Trinajstić information content (AvgIpc) is 3.02. The van der Waals surface area contributed by atoms with Gasteiger partial charge >= 0.3 is 5.97 Å². The number of rotatable bonds is 11. The van der Waals surface area contributed by atoms with Crippen LogP contribution in [0.1, 0.15) is 21.5 Å². The number of carbonyl (C=O) groups is 2. The molecular formula is C35H28BrNO5. The van der Waals surface area contributed by atoms with Crippen LogP contribution in [0.5, 0.6) is 17.2 Å². The van der Waals surface area contributed by atoms with Crippen molar-refractivity contribution in [3.63, 3.8) is 0 Å². The maximum atomic E-state index is 13.3. The number of carboxylic acid groups (broad SMARTS) is 1. The Bertz CT molecular complexity index is 1660. The van der Waals surface area contributed by atoms with Gasteiger partial charge in [-0.05, 0) is 53.1 Å². The molecule has 5 rings (SSSR count). The van der Waals surface area contributed by atoms with Gasteiger partial charge in [-0.3, -0.25) is 4.79 Å². The van der Waals surface area contributed by atoms with Gasteiger partial charge in [0, 0.05) is 16.5 Å². The first kappa shape index (κ1) is 28.6. The SMILES string of the molecule is O=C(N[C@@H](Cc1ccc(-c2ccccc2Oc2ccccc2)cc1)C(=O)O)c1cc(Br)ccc1OCc1ccccc1. The van der Waals surface area contributed by atoms with Crippen LogP contribution in [0.3, 0.4) is 0 Å². The molecule has 0 aliphatic rings. The Hall–Kier alpha value is -4.88. The first-order valence-electron chi connectivity index (χ1n) is 13.4. The Balaban J connectivity index is 1.29. The zero-order valence-corrected chi connectivity index (χ0v) is 24.2. The molecule has 7 heteroatoms. The Kier molecular flexibility index (Phi) is 9.31. The number of ether oxygens (including phenoxy) is 2. The van der Waals surface area contributed by atoms with E-state index in [0.29, 0.717) is 16.0 Å². The van der Waals surface area contributed by atoms with Crippen LogP contribution in [0.25, 0.3) is 11.1 Å². The number of halogens is 1. The van der Waals surface area contributed by atoms with Gasteiger partial charge in [-0.2, -0.15) is 0 Å². The van der Waals surface area contributed by atoms with E-state index >= 15 is 0 Å². The molecule has 6 nitrogen and oxygen atoms in total. The molecule has 0 fully saturated rings. The van der Waals surface area contributed by atoms with Crippen LogP contribution in [0.2, 0.25) is 0 Å². The Morgan fingerprint density at radius 1 is 0.738 bits per heavy atom. The molecule has 1 atom stereocenters. The molecular weight excluding hydrogens is 594 g/mol. The van der Waals surface area contributed by atoms with Crippen LogP contribution in [0.4, 0.5) is 0 Å². The fourth-order valence-electron chi connectivity index (χ4n) is 4.44. The summed E-state index contributed by atoms with van der Waals surface area (Å²) in [5, 5.41) is 12.6. The quantitative estimate of drug-likeness (QED) is 0.156. The fourth-order valence-corrected chi connectivity index (χ4v) is 4.80. The van der Waals surface area contributed by atoms with Gasteiger partial charge in [-0.15, -0.1) is 0 Å². The number of hydrogen-bond donors (Lipinski definition) is 2. The molecule has 0 radical (unpaired) electrons. The van der Waals surface area contributed by atoms with E-state index in [4.69, 9.17) is 9.47 Å². The third-order valence-electron chi connectivity index (χ3n) is 6.59. The number of carboxylic acids is 1. The second kappa shape index (κ2) is 13.7. The highest BCUT2D eigenvalue weighted by Gasteiger charge is 2.23. The normalized spacial score (nSPS) is 11.4. The topological polar surface area (TPSA) is 84.9 Å². The van der Waals surface area contributed by atoms with Gasteiger partial charge in [-0.25, -0.2) is 4.79 Å². The minimum atomic E-state index is -1.14. The van der Waals surface area contributed by atoms with Crippen molar-refractivity contribution in [2.24, 2.45) is 0 Å². The van der Waals surface area contributed by atoms with Crippen LogP contribution < -0.4 is 14.8 Å². The Morgan fingerprint density at radius 3 is 2.12 bits per heavy atom. The molecule has 2 N–H and O–H groups in total. The standard InChI is InChI=1S/C35H28BrNO5/c36-27-19-20-32(41-23-25-9-3-1-4-10-25)30(22-27)34(38)37-31(35(39)40)21-24-15-17-26(18-16-24)29-13-7-8-14-33(29)42-28-11-5-2-6-12-28/h1-20,22,31H,21,23H2,(H,37,38)(H,39,40)/t31-/m0/s1. The van der Waals surface area contributed by atoms with Crippen molar-refractivity contribution < 1.29 is 24.2 Å². The van der Waals surface area contributed by atoms with Crippen molar-refractivity contribution in [3.05, 3.63) is 149 Å². The summed E-state index contributed by atoms with van der Waals surface area (Å²) in [6, 6.07) is 38.4. The number of nitrogens with one attached hydrogen (secondary N) is 1. The first-order chi connectivity index (χ1) is 20.5. The van der Waals surface area contributed by atoms with E-state index in [-0.39, 0.29) is 18.6 Å². The lowest BCUT2D eigenvalue weighted by Crippen LogP contribution is -2.42. The molecule has 5 aromatic carbocycles. The highest BCUT2D eigenvalue weighted by atomic mass is 79.9. The molecule has 0 aromatic heterocycles. The van der Waals surface area contributed by atoms with E-state index < -0.39 is 17.9 Å². The summed E-state index contributed by atoms with van der Waals surface area (Å²) < 4.78 is 12.7. The smallest absolute Gasteiger partial charge is 0.326 e. The van der Waals surface area contributed by atoms with E-state index in [1.165, 1.54) is 0 Å². The van der Waals surface area contributed by atoms with Gasteiger partial charge in [-0.1, -0.05) is 107 Å². The van der Waals surface area contributed by atoms with Crippen LogP contribution in [0.15, 0.2) is 132 Å². The lowest BCUT2D eigenvalue weighted by Gasteiger charge is -2.17. The van der Waals surface area contributed by atoms with Gasteiger partial charge in [0.2, 0.25) is 0 Å². The summed E-state index contributed by atoms with van der Waals surface area (Å²) in [4.78, 5) is 25.4. The number of aliphatic carboxylic acids is 1. The third kappa shape index (κ3) is 7.44. The van der Waals surface area contributed by atoms with Crippen molar-refractivity contribution in [3.8, 4) is 28.4 Å². The predicted octanol–water partition coefficient (Wildman–Crippen LogP) is 7.91. The molecule has 210 valence electrons. The average molecular weight is 623 g/mol. The summed E-state index contributed by atoms with van der Waals surface area (Å²) in [6.45, 7) is 0.275. The van der Waals surface area contributed by atoms with Crippen LogP contribution in [0, 0.1) is 0 Å². The summed E-state index contributed by atoms with van der Waals surface area (Å²) in [5.41, 5.74) is 3.80. The summed E-state index contributed by atoms with van der Waals surface area (Å²) in [5.74, 6) is 0.155. The molecule has 0 saturated carbocycles. The Labute approximate surface area is 252 Å². The van der Waals surface area contributed by atoms with E-state index in [1.54, 1.807) is 18.2 Å². The zero-order valence-electron chi connectivity index (χ0n) is 22.6. The van der Waals surface area contributed by atoms with Crippen LogP contribution in [-0.2, 0) is 17.8 Å². The van der Waals surface area contributed by atoms with Gasteiger partial charge in [0.05, 0.1) is 5.56 Å². The van der Waals surface area contributed by atoms with Crippen molar-refractivity contribution in [2.75, 3.05) is 0 Å². The number of carbonyl (C=O) groups excluding carboxylic acids is 1. The molecule has 0 bridgehead atoms. The molecule has 0 aliphatic heterocycles. The zero-order chi connectivity index (χ0) is 29.3. The minimum Gasteiger partial charge on any atom is -0.488 e. The summed E-state index contributed by atoms with van der Waals surface area (Å²) in [6.07, 6.45) is 0.109. The van der Waals surface area contributed by atoms with Crippen molar-refractivity contribution in [2.45, 2.75) is 19.1 Å². The number of hydrogen-bond acceptors (Lipinski definition) is 4. The fraction of sp³-hybridized carbons (Fsp3) is 0.0857. The molecule has 1 amide bonds. The molecule has 42 heavy (non-hydrogen) atoms. The van der Waals surface area contributed by atoms with Crippen molar-refractivity contribution in [1.29, 1.82) is 0 Å². The largest absolute Gasteiger partial charge is 0.488 e. The second-order valence-corrected chi connectivity index (χ2v) is 10.5. The lowest BCUT2D eigenvalue weighted by atomic mass is 9.99. The van der Waals surface area contributed by atoms with Crippen molar-refractivity contribution in [1.82, 2.24) is 5.32 Å². The highest BCUT2D eigenvalue weighted by Crippen LogP contribution is 2.33. The Morgan fingerprint density at radius 2 is 1.40 bits per heavy atom. The third-order valence-corrected chi connectivity index (χ3v) is 7.08. The second-order valence-electron chi connectivity index (χ2n) is 9.59. The summed E-state index contributed by atoms with van der Waals surface area (Å²) >= 11 is 3.40. The molecule has 0 unspecified atom stereocenters. The van der Waals surface area contributed by atoms with E-state index in [2.05, 4.69) is 21.2 Å². The predicted molar refractivity (Wildman–Crippen MR) is 166 cm³/mol. The van der Waals surface area contributed by atoms with Gasteiger partial charge in [0.25, 0.3) is 5.91 Å². The van der Waals surface area contributed by atoms with Gasteiger partial charge < -0.3 is 19.9 Å². The molecule has 0 aliphatic carbocycles. The van der Waals surface area contributed by atoms with Crippen LogP contribution in [-0.4, -0.2) is 23.0 Å². The maximum Gasteiger partial charge on any atom is 0.326 e. The molecule has 0 saturated heterocycles. The highest BCUT2D eigenvalue weighted by molar-refractivity contribution is 9.10. The first-order valence-corrected chi connectivity index (χ1v) is 14.2.